The number of hydrogen-bond donors (Lipinski definition) is 0. The molecule has 22 heavy (non-hydrogen) atoms. The monoisotopic (exact) mass is 314 g/mol. The number of hydrogen-bond acceptors (Lipinski definition) is 4. The Balaban J connectivity index is 1.50. The van der Waals surface area contributed by atoms with Crippen molar-refractivity contribution < 1.29 is 0 Å². The number of aromatic nitrogens is 2. The molecule has 1 fully saturated rings. The van der Waals surface area contributed by atoms with Gasteiger partial charge in [-0.25, -0.2) is 9.97 Å². The van der Waals surface area contributed by atoms with Crippen molar-refractivity contribution in [2.45, 2.75) is 19.3 Å². The summed E-state index contributed by atoms with van der Waals surface area (Å²) in [4.78, 5) is 13.8. The van der Waals surface area contributed by atoms with Crippen molar-refractivity contribution in [3.8, 4) is 0 Å². The van der Waals surface area contributed by atoms with E-state index in [1.54, 1.807) is 6.33 Å². The molecule has 1 saturated heterocycles. The van der Waals surface area contributed by atoms with Crippen LogP contribution in [0.3, 0.4) is 0 Å². The fourth-order valence-corrected chi connectivity index (χ4v) is 3.65. The summed E-state index contributed by atoms with van der Waals surface area (Å²) in [5.41, 5.74) is 3.83. The molecule has 1 aromatic carbocycles. The second kappa shape index (κ2) is 5.76. The number of rotatable bonds is 2. The molecule has 2 heterocycles. The van der Waals surface area contributed by atoms with Crippen LogP contribution in [0, 0.1) is 0 Å². The van der Waals surface area contributed by atoms with Crippen LogP contribution in [0.1, 0.15) is 17.7 Å². The Labute approximate surface area is 135 Å². The van der Waals surface area contributed by atoms with Crippen molar-refractivity contribution in [3.05, 3.63) is 46.9 Å². The lowest BCUT2D eigenvalue weighted by Crippen LogP contribution is -2.47. The van der Waals surface area contributed by atoms with Gasteiger partial charge in [-0.05, 0) is 37.5 Å². The second-order valence-corrected chi connectivity index (χ2v) is 6.37. The van der Waals surface area contributed by atoms with Crippen molar-refractivity contribution in [2.75, 3.05) is 36.0 Å². The molecule has 0 N–H and O–H groups in total. The van der Waals surface area contributed by atoms with Gasteiger partial charge in [0, 0.05) is 48.1 Å². The summed E-state index contributed by atoms with van der Waals surface area (Å²) >= 11 is 6.10. The quantitative estimate of drug-likeness (QED) is 0.853. The number of nitrogens with zero attached hydrogens (tertiary/aromatic N) is 4. The molecule has 5 heteroatoms. The average Bonchev–Trinajstić information content (AvgIpc) is 3.04. The van der Waals surface area contributed by atoms with E-state index in [1.807, 2.05) is 18.2 Å². The smallest absolute Gasteiger partial charge is 0.135 e. The SMILES string of the molecule is Clc1cccc(N2CCN(c3ncnc4c3CCC4)CC2)c1. The summed E-state index contributed by atoms with van der Waals surface area (Å²) in [7, 11) is 0. The predicted molar refractivity (Wildman–Crippen MR) is 89.9 cm³/mol. The lowest BCUT2D eigenvalue weighted by atomic mass is 10.2. The first-order chi connectivity index (χ1) is 10.8. The number of benzene rings is 1. The minimum Gasteiger partial charge on any atom is -0.368 e. The van der Waals surface area contributed by atoms with Gasteiger partial charge in [-0.1, -0.05) is 17.7 Å². The first kappa shape index (κ1) is 13.8. The highest BCUT2D eigenvalue weighted by molar-refractivity contribution is 6.30. The number of piperazine rings is 1. The van der Waals surface area contributed by atoms with Crippen LogP contribution in [0.5, 0.6) is 0 Å². The van der Waals surface area contributed by atoms with E-state index in [9.17, 15) is 0 Å². The Kier molecular flexibility index (Phi) is 3.62. The largest absolute Gasteiger partial charge is 0.368 e. The van der Waals surface area contributed by atoms with E-state index in [0.717, 1.165) is 49.9 Å². The first-order valence-corrected chi connectivity index (χ1v) is 8.27. The van der Waals surface area contributed by atoms with Crippen LogP contribution in [0.2, 0.25) is 5.02 Å². The van der Waals surface area contributed by atoms with Gasteiger partial charge in [0.2, 0.25) is 0 Å². The standard InChI is InChI=1S/C17H19ClN4/c18-13-3-1-4-14(11-13)21-7-9-22(10-8-21)17-15-5-2-6-16(15)19-12-20-17/h1,3-4,11-12H,2,5-10H2. The number of halogens is 1. The normalized spacial score (nSPS) is 17.7. The molecule has 0 amide bonds. The molecule has 0 atom stereocenters. The van der Waals surface area contributed by atoms with Gasteiger partial charge in [-0.3, -0.25) is 0 Å². The minimum absolute atomic E-state index is 0.800. The maximum absolute atomic E-state index is 6.10. The van der Waals surface area contributed by atoms with Gasteiger partial charge in [0.25, 0.3) is 0 Å². The highest BCUT2D eigenvalue weighted by Crippen LogP contribution is 2.29. The summed E-state index contributed by atoms with van der Waals surface area (Å²) < 4.78 is 0. The lowest BCUT2D eigenvalue weighted by molar-refractivity contribution is 0.644. The van der Waals surface area contributed by atoms with E-state index in [2.05, 4.69) is 25.8 Å². The zero-order valence-corrected chi connectivity index (χ0v) is 13.3. The van der Waals surface area contributed by atoms with Crippen molar-refractivity contribution >= 4 is 23.1 Å². The number of aryl methyl sites for hydroxylation is 1. The third-order valence-corrected chi connectivity index (χ3v) is 4.84. The highest BCUT2D eigenvalue weighted by Gasteiger charge is 2.24. The van der Waals surface area contributed by atoms with Gasteiger partial charge in [0.15, 0.2) is 0 Å². The average molecular weight is 315 g/mol. The molecule has 0 saturated carbocycles. The molecule has 1 aromatic heterocycles. The third kappa shape index (κ3) is 2.52. The fraction of sp³-hybridized carbons (Fsp3) is 0.412. The zero-order valence-electron chi connectivity index (χ0n) is 12.5. The second-order valence-electron chi connectivity index (χ2n) is 5.93. The Morgan fingerprint density at radius 3 is 2.59 bits per heavy atom. The Hall–Kier alpha value is -1.81. The first-order valence-electron chi connectivity index (χ1n) is 7.89. The topological polar surface area (TPSA) is 32.3 Å². The van der Waals surface area contributed by atoms with Gasteiger partial charge in [0.1, 0.15) is 12.1 Å². The van der Waals surface area contributed by atoms with Crippen LogP contribution in [0.4, 0.5) is 11.5 Å². The van der Waals surface area contributed by atoms with E-state index >= 15 is 0 Å². The predicted octanol–water partition coefficient (Wildman–Crippen LogP) is 2.95. The summed E-state index contributed by atoms with van der Waals surface area (Å²) in [6.45, 7) is 3.99. The molecule has 4 nitrogen and oxygen atoms in total. The van der Waals surface area contributed by atoms with Crippen LogP contribution < -0.4 is 9.80 Å². The zero-order chi connectivity index (χ0) is 14.9. The van der Waals surface area contributed by atoms with Crippen molar-refractivity contribution in [1.29, 1.82) is 0 Å². The van der Waals surface area contributed by atoms with E-state index in [1.165, 1.54) is 23.4 Å². The maximum atomic E-state index is 6.10. The molecule has 2 aromatic rings. The van der Waals surface area contributed by atoms with Crippen LogP contribution in [0.25, 0.3) is 0 Å². The number of anilines is 2. The van der Waals surface area contributed by atoms with Gasteiger partial charge in [-0.15, -0.1) is 0 Å². The molecular formula is C17H19ClN4. The van der Waals surface area contributed by atoms with Gasteiger partial charge < -0.3 is 9.80 Å². The van der Waals surface area contributed by atoms with Gasteiger partial charge in [0.05, 0.1) is 0 Å². The van der Waals surface area contributed by atoms with Crippen molar-refractivity contribution in [1.82, 2.24) is 9.97 Å². The summed E-state index contributed by atoms with van der Waals surface area (Å²) in [6.07, 6.45) is 5.17. The van der Waals surface area contributed by atoms with Crippen molar-refractivity contribution in [2.24, 2.45) is 0 Å². The van der Waals surface area contributed by atoms with E-state index in [0.29, 0.717) is 0 Å². The summed E-state index contributed by atoms with van der Waals surface area (Å²) in [6, 6.07) is 8.11. The van der Waals surface area contributed by atoms with Gasteiger partial charge in [-0.2, -0.15) is 0 Å². The van der Waals surface area contributed by atoms with E-state index < -0.39 is 0 Å². The molecule has 1 aliphatic carbocycles. The molecule has 0 bridgehead atoms. The number of fused-ring (bicyclic) bond motifs is 1. The highest BCUT2D eigenvalue weighted by atomic mass is 35.5. The Bertz CT molecular complexity index is 680. The van der Waals surface area contributed by atoms with Crippen LogP contribution in [0.15, 0.2) is 30.6 Å². The molecule has 114 valence electrons. The summed E-state index contributed by atoms with van der Waals surface area (Å²) in [5.74, 6) is 1.16. The maximum Gasteiger partial charge on any atom is 0.135 e. The fourth-order valence-electron chi connectivity index (χ4n) is 3.46. The van der Waals surface area contributed by atoms with E-state index in [4.69, 9.17) is 11.6 Å². The Morgan fingerprint density at radius 1 is 0.955 bits per heavy atom. The molecule has 2 aliphatic rings. The van der Waals surface area contributed by atoms with E-state index in [-0.39, 0.29) is 0 Å². The molecule has 0 unspecified atom stereocenters. The van der Waals surface area contributed by atoms with Crippen molar-refractivity contribution in [3.63, 3.8) is 0 Å². The molecule has 0 spiro atoms. The summed E-state index contributed by atoms with van der Waals surface area (Å²) in [5, 5.41) is 0.800. The molecule has 1 aliphatic heterocycles. The van der Waals surface area contributed by atoms with Crippen LogP contribution in [-0.4, -0.2) is 36.1 Å². The molecular weight excluding hydrogens is 296 g/mol. The minimum atomic E-state index is 0.800. The van der Waals surface area contributed by atoms with Crippen LogP contribution in [-0.2, 0) is 12.8 Å². The molecule has 0 radical (unpaired) electrons. The Morgan fingerprint density at radius 2 is 1.77 bits per heavy atom. The lowest BCUT2D eigenvalue weighted by Gasteiger charge is -2.37. The van der Waals surface area contributed by atoms with Gasteiger partial charge >= 0.3 is 0 Å². The third-order valence-electron chi connectivity index (χ3n) is 4.60. The van der Waals surface area contributed by atoms with Crippen LogP contribution >= 0.6 is 11.6 Å². The molecule has 4 rings (SSSR count).